The fourth-order valence-corrected chi connectivity index (χ4v) is 5.19. The van der Waals surface area contributed by atoms with E-state index in [2.05, 4.69) is 20.7 Å². The first kappa shape index (κ1) is 17.2. The summed E-state index contributed by atoms with van der Waals surface area (Å²) < 4.78 is 41.6. The summed E-state index contributed by atoms with van der Waals surface area (Å²) in [6, 6.07) is 2.58. The predicted octanol–water partition coefficient (Wildman–Crippen LogP) is 2.64. The van der Waals surface area contributed by atoms with E-state index in [0.717, 1.165) is 19.3 Å². The van der Waals surface area contributed by atoms with Crippen LogP contribution in [0.2, 0.25) is 0 Å². The second-order valence-electron chi connectivity index (χ2n) is 5.10. The molecule has 0 unspecified atom stereocenters. The van der Waals surface area contributed by atoms with E-state index in [1.54, 1.807) is 11.8 Å². The van der Waals surface area contributed by atoms with Crippen molar-refractivity contribution in [1.82, 2.24) is 4.72 Å². The molecule has 0 radical (unpaired) electrons. The predicted molar refractivity (Wildman–Crippen MR) is 85.3 cm³/mol. The van der Waals surface area contributed by atoms with Gasteiger partial charge in [-0.3, -0.25) is 0 Å². The van der Waals surface area contributed by atoms with Gasteiger partial charge in [0, 0.05) is 21.3 Å². The molecule has 0 atom stereocenters. The highest BCUT2D eigenvalue weighted by atomic mass is 79.9. The third kappa shape index (κ3) is 3.61. The molecule has 1 aromatic rings. The van der Waals surface area contributed by atoms with Crippen LogP contribution in [0.1, 0.15) is 24.8 Å². The molecular weight excluding hydrogens is 381 g/mol. The smallest absolute Gasteiger partial charge is 0.243 e. The van der Waals surface area contributed by atoms with Gasteiger partial charge in [0.25, 0.3) is 0 Å². The summed E-state index contributed by atoms with van der Waals surface area (Å²) in [6.07, 6.45) is 4.96. The Balaban J connectivity index is 2.25. The first-order valence-electron chi connectivity index (χ1n) is 6.47. The van der Waals surface area contributed by atoms with Crippen LogP contribution in [-0.4, -0.2) is 31.1 Å². The molecule has 1 saturated carbocycles. The van der Waals surface area contributed by atoms with E-state index in [1.807, 2.05) is 6.26 Å². The molecule has 0 aliphatic heterocycles. The molecule has 4 nitrogen and oxygen atoms in total. The van der Waals surface area contributed by atoms with Crippen molar-refractivity contribution in [2.24, 2.45) is 0 Å². The molecular formula is C13H17BrFNO3S2. The summed E-state index contributed by atoms with van der Waals surface area (Å²) >= 11 is 4.78. The van der Waals surface area contributed by atoms with Crippen LogP contribution in [0.4, 0.5) is 4.39 Å². The second-order valence-corrected chi connectivity index (χ2v) is 9.03. The second kappa shape index (κ2) is 6.54. The molecule has 0 aromatic heterocycles. The zero-order chi connectivity index (χ0) is 15.7. The number of sulfonamides is 1. The van der Waals surface area contributed by atoms with Crippen molar-refractivity contribution in [2.75, 3.05) is 12.8 Å². The number of hydrogen-bond acceptors (Lipinski definition) is 4. The highest BCUT2D eigenvalue weighted by molar-refractivity contribution is 9.10. The van der Waals surface area contributed by atoms with Crippen LogP contribution in [-0.2, 0) is 16.6 Å². The molecule has 1 aliphatic rings. The standard InChI is InChI=1S/C13H17BrFNO3S2/c1-20-13(3-2-4-13)8-16-21(18,19)11-6-10(14)5-9(7-17)12(11)15/h5-6,16-17H,2-4,7-8H2,1H3. The number of aliphatic hydroxyl groups is 1. The Bertz CT molecular complexity index is 627. The first-order valence-corrected chi connectivity index (χ1v) is 9.97. The van der Waals surface area contributed by atoms with Gasteiger partial charge in [-0.05, 0) is 31.2 Å². The average Bonchev–Trinajstić information content (AvgIpc) is 2.40. The minimum atomic E-state index is -3.94. The minimum Gasteiger partial charge on any atom is -0.392 e. The maximum Gasteiger partial charge on any atom is 0.243 e. The van der Waals surface area contributed by atoms with Crippen molar-refractivity contribution in [3.8, 4) is 0 Å². The molecule has 8 heteroatoms. The fourth-order valence-electron chi connectivity index (χ4n) is 2.26. The number of halogens is 2. The van der Waals surface area contributed by atoms with Gasteiger partial charge in [0.1, 0.15) is 10.7 Å². The van der Waals surface area contributed by atoms with Crippen molar-refractivity contribution < 1.29 is 17.9 Å². The van der Waals surface area contributed by atoms with E-state index in [-0.39, 0.29) is 16.9 Å². The van der Waals surface area contributed by atoms with Gasteiger partial charge in [-0.2, -0.15) is 11.8 Å². The monoisotopic (exact) mass is 397 g/mol. The van der Waals surface area contributed by atoms with E-state index in [9.17, 15) is 12.8 Å². The van der Waals surface area contributed by atoms with Gasteiger partial charge < -0.3 is 5.11 Å². The van der Waals surface area contributed by atoms with Crippen molar-refractivity contribution >= 4 is 37.7 Å². The number of hydrogen-bond donors (Lipinski definition) is 2. The third-order valence-electron chi connectivity index (χ3n) is 3.82. The Labute approximate surface area is 136 Å². The number of rotatable bonds is 6. The van der Waals surface area contributed by atoms with Crippen molar-refractivity contribution in [3.63, 3.8) is 0 Å². The van der Waals surface area contributed by atoms with Crippen LogP contribution in [0, 0.1) is 5.82 Å². The van der Waals surface area contributed by atoms with Crippen molar-refractivity contribution in [3.05, 3.63) is 28.0 Å². The number of aliphatic hydroxyl groups excluding tert-OH is 1. The summed E-state index contributed by atoms with van der Waals surface area (Å²) in [5.41, 5.74) is -0.0482. The Kier molecular flexibility index (Phi) is 5.36. The molecule has 2 N–H and O–H groups in total. The Morgan fingerprint density at radius 1 is 1.48 bits per heavy atom. The Morgan fingerprint density at radius 2 is 2.14 bits per heavy atom. The van der Waals surface area contributed by atoms with E-state index in [0.29, 0.717) is 4.47 Å². The lowest BCUT2D eigenvalue weighted by Gasteiger charge is -2.40. The van der Waals surface area contributed by atoms with Crippen LogP contribution < -0.4 is 4.72 Å². The molecule has 118 valence electrons. The first-order chi connectivity index (χ1) is 9.83. The molecule has 0 bridgehead atoms. The van der Waals surface area contributed by atoms with Gasteiger partial charge in [-0.25, -0.2) is 17.5 Å². The lowest BCUT2D eigenvalue weighted by atomic mass is 9.84. The van der Waals surface area contributed by atoms with Crippen LogP contribution in [0.15, 0.2) is 21.5 Å². The van der Waals surface area contributed by atoms with Crippen molar-refractivity contribution in [1.29, 1.82) is 0 Å². The quantitative estimate of drug-likeness (QED) is 0.773. The van der Waals surface area contributed by atoms with Gasteiger partial charge in [-0.1, -0.05) is 22.4 Å². The van der Waals surface area contributed by atoms with E-state index >= 15 is 0 Å². The van der Waals surface area contributed by atoms with Crippen LogP contribution in [0.5, 0.6) is 0 Å². The van der Waals surface area contributed by atoms with Gasteiger partial charge in [0.05, 0.1) is 6.61 Å². The van der Waals surface area contributed by atoms with E-state index in [4.69, 9.17) is 5.11 Å². The molecule has 0 spiro atoms. The SMILES string of the molecule is CSC1(CNS(=O)(=O)c2cc(Br)cc(CO)c2F)CCC1. The topological polar surface area (TPSA) is 66.4 Å². The lowest BCUT2D eigenvalue weighted by Crippen LogP contribution is -2.45. The molecule has 1 aliphatic carbocycles. The summed E-state index contributed by atoms with van der Waals surface area (Å²) in [4.78, 5) is -0.434. The molecule has 0 saturated heterocycles. The summed E-state index contributed by atoms with van der Waals surface area (Å²) in [5.74, 6) is -0.903. The largest absolute Gasteiger partial charge is 0.392 e. The highest BCUT2D eigenvalue weighted by Crippen LogP contribution is 2.42. The van der Waals surface area contributed by atoms with Crippen LogP contribution >= 0.6 is 27.7 Å². The fraction of sp³-hybridized carbons (Fsp3) is 0.538. The summed E-state index contributed by atoms with van der Waals surface area (Å²) in [7, 11) is -3.94. The maximum atomic E-state index is 14.1. The molecule has 0 amide bonds. The molecule has 0 heterocycles. The third-order valence-corrected chi connectivity index (χ3v) is 7.10. The van der Waals surface area contributed by atoms with Gasteiger partial charge >= 0.3 is 0 Å². The number of benzene rings is 1. The highest BCUT2D eigenvalue weighted by Gasteiger charge is 2.37. The van der Waals surface area contributed by atoms with Gasteiger partial charge in [0.2, 0.25) is 10.0 Å². The summed E-state index contributed by atoms with van der Waals surface area (Å²) in [5, 5.41) is 9.10. The average molecular weight is 398 g/mol. The molecule has 21 heavy (non-hydrogen) atoms. The van der Waals surface area contributed by atoms with Gasteiger partial charge in [-0.15, -0.1) is 0 Å². The molecule has 2 rings (SSSR count). The summed E-state index contributed by atoms with van der Waals surface area (Å²) in [6.45, 7) is -0.264. The van der Waals surface area contributed by atoms with E-state index < -0.39 is 27.3 Å². The zero-order valence-corrected chi connectivity index (χ0v) is 14.7. The lowest BCUT2D eigenvalue weighted by molar-refractivity contribution is 0.274. The van der Waals surface area contributed by atoms with E-state index in [1.165, 1.54) is 12.1 Å². The van der Waals surface area contributed by atoms with Crippen LogP contribution in [0.25, 0.3) is 0 Å². The zero-order valence-electron chi connectivity index (χ0n) is 11.5. The Morgan fingerprint density at radius 3 is 2.62 bits per heavy atom. The van der Waals surface area contributed by atoms with Crippen molar-refractivity contribution in [2.45, 2.75) is 35.5 Å². The molecule has 1 aromatic carbocycles. The normalized spacial score (nSPS) is 17.5. The minimum absolute atomic E-state index is 0.0482. The van der Waals surface area contributed by atoms with Crippen LogP contribution in [0.3, 0.4) is 0 Å². The number of nitrogens with one attached hydrogen (secondary N) is 1. The Hall–Kier alpha value is -0.150. The number of thioether (sulfide) groups is 1. The molecule has 1 fully saturated rings. The van der Waals surface area contributed by atoms with Gasteiger partial charge in [0.15, 0.2) is 0 Å². The maximum absolute atomic E-state index is 14.1.